The second-order valence-electron chi connectivity index (χ2n) is 8.54. The van der Waals surface area contributed by atoms with Crippen LogP contribution in [0.25, 0.3) is 11.3 Å². The summed E-state index contributed by atoms with van der Waals surface area (Å²) in [6.45, 7) is 1.41. The maximum Gasteiger partial charge on any atom is 0.136 e. The quantitative estimate of drug-likeness (QED) is 0.526. The summed E-state index contributed by atoms with van der Waals surface area (Å²) in [5, 5.41) is 28.9. The molecule has 3 heterocycles. The molecule has 0 bridgehead atoms. The highest BCUT2D eigenvalue weighted by Gasteiger charge is 2.54. The molecule has 4 unspecified atom stereocenters. The van der Waals surface area contributed by atoms with Crippen molar-refractivity contribution in [3.8, 4) is 17.3 Å². The van der Waals surface area contributed by atoms with Crippen LogP contribution < -0.4 is 0 Å². The minimum Gasteiger partial charge on any atom is -0.388 e. The van der Waals surface area contributed by atoms with Gasteiger partial charge >= 0.3 is 0 Å². The minimum absolute atomic E-state index is 0.0518. The fourth-order valence-corrected chi connectivity index (χ4v) is 5.98. The first-order chi connectivity index (χ1) is 17.3. The molecule has 0 amide bonds. The van der Waals surface area contributed by atoms with E-state index >= 15 is 0 Å². The van der Waals surface area contributed by atoms with Crippen LogP contribution in [0.2, 0.25) is 5.02 Å². The number of rotatable bonds is 5. The Morgan fingerprint density at radius 3 is 2.69 bits per heavy atom. The molecule has 2 aliphatic heterocycles. The summed E-state index contributed by atoms with van der Waals surface area (Å²) in [5.41, 5.74) is 0.149. The molecule has 0 radical (unpaired) electrons. The van der Waals surface area contributed by atoms with Gasteiger partial charge in [0.15, 0.2) is 0 Å². The van der Waals surface area contributed by atoms with Crippen LogP contribution in [-0.2, 0) is 14.2 Å². The van der Waals surface area contributed by atoms with Gasteiger partial charge in [0.1, 0.15) is 59.3 Å². The maximum atomic E-state index is 14.2. The van der Waals surface area contributed by atoms with Gasteiger partial charge in [-0.3, -0.25) is 0 Å². The molecule has 2 aliphatic rings. The summed E-state index contributed by atoms with van der Waals surface area (Å²) in [5.74, 6) is -1.37. The number of aliphatic hydroxyl groups is 1. The molecule has 8 nitrogen and oxygen atoms in total. The number of aliphatic hydroxyl groups excluding tert-OH is 1. The van der Waals surface area contributed by atoms with E-state index in [1.54, 1.807) is 24.4 Å². The number of thioether (sulfide) groups is 1. The lowest BCUT2D eigenvalue weighted by atomic mass is 9.96. The topological polar surface area (TPSA) is 102 Å². The van der Waals surface area contributed by atoms with Crippen LogP contribution >= 0.6 is 23.4 Å². The number of halogens is 3. The average Bonchev–Trinajstić information content (AvgIpc) is 3.49. The highest BCUT2D eigenvalue weighted by atomic mass is 35.5. The summed E-state index contributed by atoms with van der Waals surface area (Å²) >= 11 is 7.40. The van der Waals surface area contributed by atoms with Crippen molar-refractivity contribution < 1.29 is 28.1 Å². The number of benzene rings is 2. The van der Waals surface area contributed by atoms with Crippen molar-refractivity contribution >= 4 is 23.4 Å². The fraction of sp³-hybridized carbons (Fsp3) is 0.375. The number of ether oxygens (including phenoxy) is 3. The molecule has 0 aliphatic carbocycles. The predicted molar refractivity (Wildman–Crippen MR) is 126 cm³/mol. The predicted octanol–water partition coefficient (Wildman–Crippen LogP) is 3.89. The standard InChI is InChI=1S/C24H21ClF2N4O4S/c1-11-15(26)5-13(6-16(11)27)17-9-31(30-29-17)20-22-21(18(32)10-34-22)35-24(23(20)33-2)36-19-7-14(25)4-3-12(19)8-28/h3-7,9,18,20-24,32H,10H2,1-2H3/t18?,20?,21?,22-,23?,24-/m1/s1. The Labute approximate surface area is 214 Å². The molecule has 12 heteroatoms. The molecule has 2 fully saturated rings. The van der Waals surface area contributed by atoms with E-state index in [2.05, 4.69) is 16.4 Å². The third-order valence-corrected chi connectivity index (χ3v) is 7.81. The van der Waals surface area contributed by atoms with Crippen molar-refractivity contribution in [3.05, 3.63) is 64.3 Å². The molecule has 1 N–H and O–H groups in total. The SMILES string of the molecule is COC1C(n2cc(-c3cc(F)c(C)c(F)c3)nn2)[C@H]2OCC(O)C2O[C@@H]1Sc1cc(Cl)ccc1C#N. The molecule has 2 aromatic carbocycles. The second kappa shape index (κ2) is 10.0. The molecule has 3 aromatic rings. The Kier molecular flexibility index (Phi) is 7.00. The van der Waals surface area contributed by atoms with Crippen LogP contribution in [0.4, 0.5) is 8.78 Å². The van der Waals surface area contributed by atoms with Crippen molar-refractivity contribution in [2.24, 2.45) is 0 Å². The van der Waals surface area contributed by atoms with Crippen molar-refractivity contribution in [2.75, 3.05) is 13.7 Å². The first-order valence-corrected chi connectivity index (χ1v) is 12.3. The van der Waals surface area contributed by atoms with E-state index in [9.17, 15) is 19.1 Å². The molecular weight excluding hydrogens is 514 g/mol. The van der Waals surface area contributed by atoms with E-state index in [0.29, 0.717) is 15.5 Å². The minimum atomic E-state index is -0.892. The van der Waals surface area contributed by atoms with Crippen LogP contribution in [0, 0.1) is 29.9 Å². The largest absolute Gasteiger partial charge is 0.388 e. The fourth-order valence-electron chi connectivity index (χ4n) is 4.47. The molecule has 36 heavy (non-hydrogen) atoms. The van der Waals surface area contributed by atoms with Crippen molar-refractivity contribution in [3.63, 3.8) is 0 Å². The summed E-state index contributed by atoms with van der Waals surface area (Å²) < 4.78 is 47.7. The van der Waals surface area contributed by atoms with E-state index in [1.807, 2.05) is 0 Å². The lowest BCUT2D eigenvalue weighted by molar-refractivity contribution is -0.170. The maximum absolute atomic E-state index is 14.2. The van der Waals surface area contributed by atoms with E-state index in [0.717, 1.165) is 0 Å². The van der Waals surface area contributed by atoms with E-state index < -0.39 is 47.5 Å². The van der Waals surface area contributed by atoms with Crippen LogP contribution in [-0.4, -0.2) is 63.7 Å². The normalized spacial score (nSPS) is 27.6. The molecule has 6 atom stereocenters. The van der Waals surface area contributed by atoms with Gasteiger partial charge in [-0.2, -0.15) is 5.26 Å². The summed E-state index contributed by atoms with van der Waals surface area (Å²) in [6.07, 6.45) is -1.33. The van der Waals surface area contributed by atoms with Crippen LogP contribution in [0.1, 0.15) is 17.2 Å². The number of nitriles is 1. The van der Waals surface area contributed by atoms with Crippen molar-refractivity contribution in [1.29, 1.82) is 5.26 Å². The van der Waals surface area contributed by atoms with Crippen LogP contribution in [0.3, 0.4) is 0 Å². The Hall–Kier alpha value is -2.59. The number of hydrogen-bond acceptors (Lipinski definition) is 8. The Balaban J connectivity index is 1.52. The summed E-state index contributed by atoms with van der Waals surface area (Å²) in [7, 11) is 1.51. The highest BCUT2D eigenvalue weighted by molar-refractivity contribution is 7.99. The first-order valence-electron chi connectivity index (χ1n) is 11.0. The Morgan fingerprint density at radius 1 is 1.25 bits per heavy atom. The van der Waals surface area contributed by atoms with Gasteiger partial charge in [0.05, 0.1) is 18.4 Å². The lowest BCUT2D eigenvalue weighted by Gasteiger charge is -2.43. The molecule has 188 valence electrons. The molecular formula is C24H21ClF2N4O4S. The van der Waals surface area contributed by atoms with Gasteiger partial charge < -0.3 is 19.3 Å². The second-order valence-corrected chi connectivity index (χ2v) is 10.1. The van der Waals surface area contributed by atoms with E-state index in [1.165, 1.54) is 42.6 Å². The van der Waals surface area contributed by atoms with Gasteiger partial charge in [0, 0.05) is 28.2 Å². The van der Waals surface area contributed by atoms with Gasteiger partial charge in [-0.25, -0.2) is 13.5 Å². The Bertz CT molecular complexity index is 1310. The molecule has 0 saturated carbocycles. The number of fused-ring (bicyclic) bond motifs is 1. The number of nitrogens with zero attached hydrogens (tertiary/aromatic N) is 4. The molecule has 0 spiro atoms. The zero-order chi connectivity index (χ0) is 25.6. The Morgan fingerprint density at radius 2 is 2.00 bits per heavy atom. The van der Waals surface area contributed by atoms with E-state index in [-0.39, 0.29) is 23.4 Å². The van der Waals surface area contributed by atoms with Gasteiger partial charge in [0.2, 0.25) is 0 Å². The van der Waals surface area contributed by atoms with Crippen molar-refractivity contribution in [2.45, 2.75) is 47.7 Å². The van der Waals surface area contributed by atoms with Gasteiger partial charge in [-0.05, 0) is 37.3 Å². The molecule has 5 rings (SSSR count). The summed E-state index contributed by atoms with van der Waals surface area (Å²) in [4.78, 5) is 0.590. The van der Waals surface area contributed by atoms with Crippen molar-refractivity contribution in [1.82, 2.24) is 15.0 Å². The van der Waals surface area contributed by atoms with Gasteiger partial charge in [0.25, 0.3) is 0 Å². The zero-order valence-electron chi connectivity index (χ0n) is 19.1. The third kappa shape index (κ3) is 4.49. The number of aromatic nitrogens is 3. The third-order valence-electron chi connectivity index (χ3n) is 6.37. The lowest BCUT2D eigenvalue weighted by Crippen LogP contribution is -2.55. The number of methoxy groups -OCH3 is 1. The van der Waals surface area contributed by atoms with Crippen LogP contribution in [0.15, 0.2) is 41.4 Å². The monoisotopic (exact) mass is 534 g/mol. The molecule has 2 saturated heterocycles. The average molecular weight is 535 g/mol. The van der Waals surface area contributed by atoms with E-state index in [4.69, 9.17) is 25.8 Å². The van der Waals surface area contributed by atoms with Gasteiger partial charge in [-0.1, -0.05) is 28.6 Å². The highest BCUT2D eigenvalue weighted by Crippen LogP contribution is 2.44. The zero-order valence-corrected chi connectivity index (χ0v) is 20.7. The van der Waals surface area contributed by atoms with Gasteiger partial charge in [-0.15, -0.1) is 5.10 Å². The molecule has 1 aromatic heterocycles. The number of hydrogen-bond donors (Lipinski definition) is 1. The summed E-state index contributed by atoms with van der Waals surface area (Å²) in [6, 6.07) is 8.84. The smallest absolute Gasteiger partial charge is 0.136 e. The van der Waals surface area contributed by atoms with Crippen LogP contribution in [0.5, 0.6) is 0 Å². The first kappa shape index (κ1) is 25.1.